The number of nitrogens with zero attached hydrogens (tertiary/aromatic N) is 3. The number of hydrogen-bond acceptors (Lipinski definition) is 4. The molecule has 0 saturated carbocycles. The quantitative estimate of drug-likeness (QED) is 0.760. The number of aromatic nitrogens is 3. The molecule has 0 aliphatic carbocycles. The summed E-state index contributed by atoms with van der Waals surface area (Å²) >= 11 is 10.5. The molecule has 19 heavy (non-hydrogen) atoms. The van der Waals surface area contributed by atoms with Crippen LogP contribution in [0.3, 0.4) is 0 Å². The maximum absolute atomic E-state index is 11.3. The summed E-state index contributed by atoms with van der Waals surface area (Å²) in [5.74, 6) is -1.04. The summed E-state index contributed by atoms with van der Waals surface area (Å²) in [5.41, 5.74) is 1.90. The van der Waals surface area contributed by atoms with Gasteiger partial charge in [-0.3, -0.25) is 0 Å². The second kappa shape index (κ2) is 4.59. The average molecular weight is 359 g/mol. The van der Waals surface area contributed by atoms with Crippen molar-refractivity contribution in [3.63, 3.8) is 0 Å². The molecule has 5 nitrogen and oxygen atoms in total. The minimum Gasteiger partial charge on any atom is -0.477 e. The van der Waals surface area contributed by atoms with Crippen molar-refractivity contribution in [2.45, 2.75) is 0 Å². The van der Waals surface area contributed by atoms with Crippen molar-refractivity contribution in [1.82, 2.24) is 13.3 Å². The zero-order chi connectivity index (χ0) is 13.6. The van der Waals surface area contributed by atoms with E-state index in [2.05, 4.69) is 24.7 Å². The van der Waals surface area contributed by atoms with Crippen molar-refractivity contribution >= 4 is 56.3 Å². The fourth-order valence-corrected chi connectivity index (χ4v) is 3.03. The van der Waals surface area contributed by atoms with E-state index in [4.69, 9.17) is 11.6 Å². The van der Waals surface area contributed by atoms with E-state index < -0.39 is 5.97 Å². The first-order valence-corrected chi connectivity index (χ1v) is 7.00. The maximum Gasteiger partial charge on any atom is 0.352 e. The Balaban J connectivity index is 2.38. The molecular formula is C11H5BrClN3O2S. The van der Waals surface area contributed by atoms with Crippen LogP contribution >= 0.6 is 39.3 Å². The molecule has 0 aliphatic heterocycles. The molecule has 0 radical (unpaired) electrons. The molecule has 0 atom stereocenters. The number of hydrogen-bond donors (Lipinski definition) is 1. The van der Waals surface area contributed by atoms with E-state index in [1.165, 1.54) is 10.6 Å². The highest BCUT2D eigenvalue weighted by Gasteiger charge is 2.18. The molecule has 0 saturated heterocycles. The van der Waals surface area contributed by atoms with Crippen LogP contribution in [0.1, 0.15) is 10.5 Å². The largest absolute Gasteiger partial charge is 0.477 e. The number of rotatable bonds is 2. The van der Waals surface area contributed by atoms with E-state index in [-0.39, 0.29) is 5.69 Å². The van der Waals surface area contributed by atoms with Gasteiger partial charge in [0, 0.05) is 10.7 Å². The monoisotopic (exact) mass is 357 g/mol. The van der Waals surface area contributed by atoms with Gasteiger partial charge in [-0.15, -0.1) is 0 Å². The number of aromatic carboxylic acids is 1. The van der Waals surface area contributed by atoms with Gasteiger partial charge in [0.25, 0.3) is 0 Å². The Bertz CT molecular complexity index is 798. The molecule has 0 spiro atoms. The van der Waals surface area contributed by atoms with E-state index >= 15 is 0 Å². The van der Waals surface area contributed by atoms with Crippen LogP contribution in [0.5, 0.6) is 0 Å². The summed E-state index contributed by atoms with van der Waals surface area (Å²) in [4.78, 5) is 11.3. The van der Waals surface area contributed by atoms with Crippen molar-refractivity contribution in [3.8, 4) is 5.69 Å². The van der Waals surface area contributed by atoms with Crippen LogP contribution in [0.25, 0.3) is 16.7 Å². The number of halogens is 2. The summed E-state index contributed by atoms with van der Waals surface area (Å²) in [7, 11) is 0. The van der Waals surface area contributed by atoms with Crippen LogP contribution in [0, 0.1) is 0 Å². The van der Waals surface area contributed by atoms with E-state index in [1.807, 2.05) is 0 Å². The Hall–Kier alpha value is -1.44. The highest BCUT2D eigenvalue weighted by Crippen LogP contribution is 2.31. The van der Waals surface area contributed by atoms with Crippen LogP contribution in [0.4, 0.5) is 0 Å². The van der Waals surface area contributed by atoms with Crippen molar-refractivity contribution in [1.29, 1.82) is 0 Å². The van der Waals surface area contributed by atoms with Gasteiger partial charge < -0.3 is 9.67 Å². The Morgan fingerprint density at radius 1 is 1.42 bits per heavy atom. The van der Waals surface area contributed by atoms with Crippen LogP contribution in [-0.2, 0) is 0 Å². The molecule has 96 valence electrons. The molecule has 8 heteroatoms. The van der Waals surface area contributed by atoms with Gasteiger partial charge in [0.15, 0.2) is 0 Å². The van der Waals surface area contributed by atoms with Gasteiger partial charge in [0.1, 0.15) is 16.7 Å². The Morgan fingerprint density at radius 3 is 2.95 bits per heavy atom. The molecule has 0 bridgehead atoms. The Morgan fingerprint density at radius 2 is 2.21 bits per heavy atom. The van der Waals surface area contributed by atoms with Crippen LogP contribution < -0.4 is 0 Å². The molecule has 2 heterocycles. The van der Waals surface area contributed by atoms with E-state index in [0.29, 0.717) is 26.2 Å². The molecule has 0 fully saturated rings. The topological polar surface area (TPSA) is 68.0 Å². The molecule has 1 aromatic carbocycles. The second-order valence-corrected chi connectivity index (χ2v) is 5.60. The molecule has 1 N–H and O–H groups in total. The third kappa shape index (κ3) is 2.03. The van der Waals surface area contributed by atoms with Gasteiger partial charge in [-0.25, -0.2) is 4.79 Å². The number of fused-ring (bicyclic) bond motifs is 1. The fourth-order valence-electron chi connectivity index (χ4n) is 1.82. The normalized spacial score (nSPS) is 11.1. The lowest BCUT2D eigenvalue weighted by Crippen LogP contribution is -2.06. The summed E-state index contributed by atoms with van der Waals surface area (Å²) in [6, 6.07) is 4.95. The standard InChI is InChI=1S/C11H5BrClN3O2S/c12-5-3-8(11(17)18)16(4-5)10-6(13)1-2-7-9(10)15-19-14-7/h1-4H,(H,17,18). The van der Waals surface area contributed by atoms with Crippen LogP contribution in [-0.4, -0.2) is 24.4 Å². The van der Waals surface area contributed by atoms with Gasteiger partial charge in [-0.1, -0.05) is 11.6 Å². The first kappa shape index (κ1) is 12.6. The summed E-state index contributed by atoms with van der Waals surface area (Å²) in [5, 5.41) is 9.66. The zero-order valence-corrected chi connectivity index (χ0v) is 12.3. The number of carboxylic acid groups (broad SMARTS) is 1. The zero-order valence-electron chi connectivity index (χ0n) is 9.17. The maximum atomic E-state index is 11.3. The number of carbonyl (C=O) groups is 1. The molecule has 0 unspecified atom stereocenters. The average Bonchev–Trinajstić information content (AvgIpc) is 2.95. The first-order chi connectivity index (χ1) is 9.08. The predicted octanol–water partition coefficient (Wildman–Crippen LogP) is 3.60. The van der Waals surface area contributed by atoms with E-state index in [9.17, 15) is 9.90 Å². The summed E-state index contributed by atoms with van der Waals surface area (Å²) in [6.07, 6.45) is 1.64. The molecule has 3 aromatic rings. The molecule has 2 aromatic heterocycles. The minimum atomic E-state index is -1.04. The Kier molecular flexibility index (Phi) is 3.04. The van der Waals surface area contributed by atoms with Gasteiger partial charge in [-0.05, 0) is 34.1 Å². The molecular weight excluding hydrogens is 354 g/mol. The van der Waals surface area contributed by atoms with Gasteiger partial charge in [-0.2, -0.15) is 8.75 Å². The van der Waals surface area contributed by atoms with Crippen molar-refractivity contribution in [3.05, 3.63) is 39.6 Å². The third-order valence-corrected chi connectivity index (χ3v) is 3.88. The second-order valence-electron chi connectivity index (χ2n) is 3.75. The van der Waals surface area contributed by atoms with Crippen molar-refractivity contribution in [2.24, 2.45) is 0 Å². The summed E-state index contributed by atoms with van der Waals surface area (Å²) in [6.45, 7) is 0. The van der Waals surface area contributed by atoms with Gasteiger partial charge >= 0.3 is 5.97 Å². The lowest BCUT2D eigenvalue weighted by molar-refractivity contribution is 0.0688. The first-order valence-electron chi connectivity index (χ1n) is 5.10. The fraction of sp³-hybridized carbons (Fsp3) is 0. The number of carboxylic acids is 1. The van der Waals surface area contributed by atoms with Crippen molar-refractivity contribution in [2.75, 3.05) is 0 Å². The minimum absolute atomic E-state index is 0.106. The van der Waals surface area contributed by atoms with Gasteiger partial charge in [0.2, 0.25) is 0 Å². The van der Waals surface area contributed by atoms with Gasteiger partial charge in [0.05, 0.1) is 22.4 Å². The molecule has 0 aliphatic rings. The smallest absolute Gasteiger partial charge is 0.352 e. The highest BCUT2D eigenvalue weighted by molar-refractivity contribution is 9.10. The number of benzene rings is 1. The van der Waals surface area contributed by atoms with Crippen LogP contribution in [0.15, 0.2) is 28.9 Å². The lowest BCUT2D eigenvalue weighted by atomic mass is 10.2. The lowest BCUT2D eigenvalue weighted by Gasteiger charge is -2.08. The van der Waals surface area contributed by atoms with E-state index in [0.717, 1.165) is 11.7 Å². The third-order valence-electron chi connectivity index (χ3n) is 2.60. The molecule has 0 amide bonds. The van der Waals surface area contributed by atoms with Crippen LogP contribution in [0.2, 0.25) is 5.02 Å². The van der Waals surface area contributed by atoms with Crippen molar-refractivity contribution < 1.29 is 9.90 Å². The highest BCUT2D eigenvalue weighted by atomic mass is 79.9. The molecule has 3 rings (SSSR count). The predicted molar refractivity (Wildman–Crippen MR) is 76.4 cm³/mol. The Labute approximate surface area is 124 Å². The van der Waals surface area contributed by atoms with E-state index in [1.54, 1.807) is 18.3 Å². The SMILES string of the molecule is O=C(O)c1cc(Br)cn1-c1c(Cl)ccc2nsnc12. The summed E-state index contributed by atoms with van der Waals surface area (Å²) < 4.78 is 10.5.